The molecule has 1 aliphatic heterocycles. The molecular formula is C37H45N3O4S. The van der Waals surface area contributed by atoms with Crippen LogP contribution in [0.15, 0.2) is 101 Å². The number of nitrogens with zero attached hydrogens (tertiary/aromatic N) is 2. The SMILES string of the molecule is O=C(NCCC1=CCCCC1)[C@@H](Cc1ccccc1)N(Cc1ccccc1)C(=O)CCc1ccc(S(=O)(=O)N2CCCC2)cc1. The van der Waals surface area contributed by atoms with E-state index in [0.717, 1.165) is 48.8 Å². The third kappa shape index (κ3) is 9.14. The number of carbonyl (C=O) groups excluding carboxylic acids is 2. The first kappa shape index (κ1) is 32.6. The van der Waals surface area contributed by atoms with E-state index in [1.54, 1.807) is 29.2 Å². The van der Waals surface area contributed by atoms with Crippen molar-refractivity contribution in [3.8, 4) is 0 Å². The number of benzene rings is 3. The zero-order valence-corrected chi connectivity index (χ0v) is 26.9. The van der Waals surface area contributed by atoms with Crippen LogP contribution in [0, 0.1) is 0 Å². The van der Waals surface area contributed by atoms with E-state index in [-0.39, 0.29) is 23.1 Å². The van der Waals surface area contributed by atoms with Crippen LogP contribution in [0.25, 0.3) is 0 Å². The van der Waals surface area contributed by atoms with Gasteiger partial charge in [-0.1, -0.05) is 84.4 Å². The summed E-state index contributed by atoms with van der Waals surface area (Å²) in [6, 6.07) is 25.8. The Labute approximate surface area is 268 Å². The second-order valence-corrected chi connectivity index (χ2v) is 14.1. The van der Waals surface area contributed by atoms with Crippen LogP contribution in [-0.2, 0) is 39.0 Å². The van der Waals surface area contributed by atoms with Gasteiger partial charge in [0.1, 0.15) is 6.04 Å². The van der Waals surface area contributed by atoms with Gasteiger partial charge in [-0.2, -0.15) is 4.31 Å². The van der Waals surface area contributed by atoms with Crippen molar-refractivity contribution >= 4 is 21.8 Å². The topological polar surface area (TPSA) is 86.8 Å². The van der Waals surface area contributed by atoms with Crippen LogP contribution in [-0.4, -0.2) is 55.1 Å². The smallest absolute Gasteiger partial charge is 0.243 e. The summed E-state index contributed by atoms with van der Waals surface area (Å²) in [7, 11) is -3.49. The predicted molar refractivity (Wildman–Crippen MR) is 178 cm³/mol. The van der Waals surface area contributed by atoms with Crippen molar-refractivity contribution in [2.45, 2.75) is 81.7 Å². The molecule has 45 heavy (non-hydrogen) atoms. The molecular weight excluding hydrogens is 582 g/mol. The van der Waals surface area contributed by atoms with Crippen molar-refractivity contribution < 1.29 is 18.0 Å². The summed E-state index contributed by atoms with van der Waals surface area (Å²) >= 11 is 0. The van der Waals surface area contributed by atoms with Gasteiger partial charge in [0.15, 0.2) is 0 Å². The zero-order chi connectivity index (χ0) is 31.5. The van der Waals surface area contributed by atoms with E-state index in [1.165, 1.54) is 22.7 Å². The van der Waals surface area contributed by atoms with E-state index >= 15 is 0 Å². The fraction of sp³-hybridized carbons (Fsp3) is 0.405. The Bertz CT molecular complexity index is 1530. The molecule has 1 saturated heterocycles. The van der Waals surface area contributed by atoms with Crippen molar-refractivity contribution in [3.05, 3.63) is 113 Å². The van der Waals surface area contributed by atoms with E-state index in [0.29, 0.717) is 39.0 Å². The molecule has 238 valence electrons. The molecule has 3 aromatic rings. The first-order chi connectivity index (χ1) is 21.9. The Hall–Kier alpha value is -3.75. The van der Waals surface area contributed by atoms with Crippen molar-refractivity contribution in [2.75, 3.05) is 19.6 Å². The number of hydrogen-bond acceptors (Lipinski definition) is 4. The first-order valence-electron chi connectivity index (χ1n) is 16.3. The molecule has 1 fully saturated rings. The maximum atomic E-state index is 14.0. The number of carbonyl (C=O) groups is 2. The average molecular weight is 628 g/mol. The summed E-state index contributed by atoms with van der Waals surface area (Å²) in [5.74, 6) is -0.255. The van der Waals surface area contributed by atoms with Gasteiger partial charge in [0, 0.05) is 39.0 Å². The van der Waals surface area contributed by atoms with Crippen LogP contribution in [0.3, 0.4) is 0 Å². The zero-order valence-electron chi connectivity index (χ0n) is 26.1. The maximum absolute atomic E-state index is 14.0. The summed E-state index contributed by atoms with van der Waals surface area (Å²) in [4.78, 5) is 29.9. The molecule has 0 bridgehead atoms. The van der Waals surface area contributed by atoms with Crippen LogP contribution in [0.2, 0.25) is 0 Å². The van der Waals surface area contributed by atoms with Crippen molar-refractivity contribution in [1.29, 1.82) is 0 Å². The summed E-state index contributed by atoms with van der Waals surface area (Å²) in [6.45, 7) is 2.00. The molecule has 2 amide bonds. The van der Waals surface area contributed by atoms with Crippen molar-refractivity contribution in [2.24, 2.45) is 0 Å². The Balaban J connectivity index is 1.32. The number of sulfonamides is 1. The fourth-order valence-corrected chi connectivity index (χ4v) is 7.75. The summed E-state index contributed by atoms with van der Waals surface area (Å²) < 4.78 is 27.4. The monoisotopic (exact) mass is 627 g/mol. The highest BCUT2D eigenvalue weighted by Gasteiger charge is 2.30. The molecule has 1 atom stereocenters. The third-order valence-corrected chi connectivity index (χ3v) is 10.8. The maximum Gasteiger partial charge on any atom is 0.243 e. The largest absolute Gasteiger partial charge is 0.354 e. The first-order valence-corrected chi connectivity index (χ1v) is 17.8. The number of hydrogen-bond donors (Lipinski definition) is 1. The molecule has 5 rings (SSSR count). The van der Waals surface area contributed by atoms with Crippen molar-refractivity contribution in [3.63, 3.8) is 0 Å². The average Bonchev–Trinajstić information content (AvgIpc) is 3.63. The molecule has 1 N–H and O–H groups in total. The summed E-state index contributed by atoms with van der Waals surface area (Å²) in [5, 5.41) is 3.15. The minimum Gasteiger partial charge on any atom is -0.354 e. The van der Waals surface area contributed by atoms with Gasteiger partial charge in [-0.15, -0.1) is 0 Å². The Kier molecular flexibility index (Phi) is 11.6. The van der Waals surface area contributed by atoms with Gasteiger partial charge >= 0.3 is 0 Å². The van der Waals surface area contributed by atoms with E-state index in [4.69, 9.17) is 0 Å². The van der Waals surface area contributed by atoms with Gasteiger partial charge in [-0.05, 0) is 80.2 Å². The van der Waals surface area contributed by atoms with Gasteiger partial charge in [-0.25, -0.2) is 8.42 Å². The number of nitrogens with one attached hydrogen (secondary N) is 1. The Morgan fingerprint density at radius 2 is 1.44 bits per heavy atom. The summed E-state index contributed by atoms with van der Waals surface area (Å²) in [6.07, 6.45) is 10.6. The van der Waals surface area contributed by atoms with Gasteiger partial charge < -0.3 is 10.2 Å². The normalized spacial score (nSPS) is 16.1. The molecule has 0 aromatic heterocycles. The number of amides is 2. The molecule has 0 saturated carbocycles. The van der Waals surface area contributed by atoms with Crippen LogP contribution in [0.4, 0.5) is 0 Å². The molecule has 1 aliphatic carbocycles. The quantitative estimate of drug-likeness (QED) is 0.221. The fourth-order valence-electron chi connectivity index (χ4n) is 6.23. The van der Waals surface area contributed by atoms with E-state index in [9.17, 15) is 18.0 Å². The lowest BCUT2D eigenvalue weighted by Crippen LogP contribution is -2.50. The molecule has 0 unspecified atom stereocenters. The lowest BCUT2D eigenvalue weighted by Gasteiger charge is -2.32. The highest BCUT2D eigenvalue weighted by atomic mass is 32.2. The molecule has 7 nitrogen and oxygen atoms in total. The Morgan fingerprint density at radius 1 is 0.778 bits per heavy atom. The second-order valence-electron chi connectivity index (χ2n) is 12.1. The molecule has 0 spiro atoms. The van der Waals surface area contributed by atoms with Gasteiger partial charge in [-0.3, -0.25) is 9.59 Å². The van der Waals surface area contributed by atoms with Crippen LogP contribution >= 0.6 is 0 Å². The minimum absolute atomic E-state index is 0.112. The van der Waals surface area contributed by atoms with Gasteiger partial charge in [0.25, 0.3) is 0 Å². The number of rotatable bonds is 14. The molecule has 2 aliphatic rings. The van der Waals surface area contributed by atoms with Crippen molar-refractivity contribution in [1.82, 2.24) is 14.5 Å². The standard InChI is InChI=1S/C37H45N3O4S/c41-36(23-20-31-18-21-34(22-19-31)45(43,44)39-26-10-11-27-39)40(29-33-16-8-3-9-17-33)35(28-32-14-6-2-7-15-32)37(42)38-25-24-30-12-4-1-5-13-30/h2-3,6-9,12,14-19,21-22,35H,1,4-5,10-11,13,20,23-29H2,(H,38,42)/t35-/m1/s1. The number of aryl methyl sites for hydroxylation is 1. The lowest BCUT2D eigenvalue weighted by molar-refractivity contribution is -0.141. The van der Waals surface area contributed by atoms with E-state index in [1.807, 2.05) is 60.7 Å². The predicted octanol–water partition coefficient (Wildman–Crippen LogP) is 6.05. The third-order valence-electron chi connectivity index (χ3n) is 8.85. The Morgan fingerprint density at radius 3 is 2.09 bits per heavy atom. The van der Waals surface area contributed by atoms with E-state index < -0.39 is 16.1 Å². The highest BCUT2D eigenvalue weighted by Crippen LogP contribution is 2.23. The highest BCUT2D eigenvalue weighted by molar-refractivity contribution is 7.89. The molecule has 3 aromatic carbocycles. The van der Waals surface area contributed by atoms with E-state index in [2.05, 4.69) is 11.4 Å². The van der Waals surface area contributed by atoms with Gasteiger partial charge in [0.05, 0.1) is 4.90 Å². The van der Waals surface area contributed by atoms with Crippen LogP contribution in [0.1, 0.15) is 68.1 Å². The second kappa shape index (κ2) is 16.0. The molecule has 8 heteroatoms. The van der Waals surface area contributed by atoms with Crippen LogP contribution in [0.5, 0.6) is 0 Å². The minimum atomic E-state index is -3.49. The lowest BCUT2D eigenvalue weighted by atomic mass is 9.97. The molecule has 1 heterocycles. The van der Waals surface area contributed by atoms with Crippen LogP contribution < -0.4 is 5.32 Å². The molecule has 0 radical (unpaired) electrons. The number of allylic oxidation sites excluding steroid dienone is 1. The van der Waals surface area contributed by atoms with Gasteiger partial charge in [0.2, 0.25) is 21.8 Å². The summed E-state index contributed by atoms with van der Waals surface area (Å²) in [5.41, 5.74) is 4.24.